The molecule has 5 rings (SSSR count). The van der Waals surface area contributed by atoms with Crippen LogP contribution in [0.3, 0.4) is 0 Å². The van der Waals surface area contributed by atoms with E-state index in [1.165, 1.54) is 32.2 Å². The summed E-state index contributed by atoms with van der Waals surface area (Å²) in [5.74, 6) is 3.29. The van der Waals surface area contributed by atoms with Crippen molar-refractivity contribution in [1.29, 1.82) is 0 Å². The molecule has 0 aromatic rings. The summed E-state index contributed by atoms with van der Waals surface area (Å²) in [6.45, 7) is 4.63. The third-order valence-electron chi connectivity index (χ3n) is 7.53. The summed E-state index contributed by atoms with van der Waals surface area (Å²) in [7, 11) is 0. The van der Waals surface area contributed by atoms with Crippen LogP contribution in [0, 0.1) is 23.2 Å². The van der Waals surface area contributed by atoms with E-state index >= 15 is 0 Å². The summed E-state index contributed by atoms with van der Waals surface area (Å²) in [6.07, 6.45) is 15.0. The predicted octanol–water partition coefficient (Wildman–Crippen LogP) is 3.79. The van der Waals surface area contributed by atoms with Crippen molar-refractivity contribution >= 4 is 0 Å². The molecule has 4 bridgehead atoms. The molecule has 4 saturated carbocycles. The second kappa shape index (κ2) is 5.53. The number of rotatable bonds is 4. The molecule has 1 heterocycles. The summed E-state index contributed by atoms with van der Waals surface area (Å²) in [5, 5.41) is 0. The van der Waals surface area contributed by atoms with Crippen molar-refractivity contribution in [2.75, 3.05) is 13.1 Å². The standard InChI is InChI=1S/C19H34N2/c1-14-3-2-4-18(13-20)21(14)6-5-19-10-15-7-16(11-19)9-17(8-15)12-19/h14-18H,2-13,20H2,1H3. The number of piperidine rings is 1. The first-order valence-corrected chi connectivity index (χ1v) is 9.63. The van der Waals surface area contributed by atoms with Crippen LogP contribution in [0.1, 0.15) is 71.1 Å². The average Bonchev–Trinajstić information content (AvgIpc) is 2.44. The van der Waals surface area contributed by atoms with E-state index in [2.05, 4.69) is 11.8 Å². The van der Waals surface area contributed by atoms with Crippen LogP contribution in [0.2, 0.25) is 0 Å². The van der Waals surface area contributed by atoms with E-state index in [1.807, 2.05) is 0 Å². The number of nitrogens with zero attached hydrogens (tertiary/aromatic N) is 1. The van der Waals surface area contributed by atoms with Crippen LogP contribution in [0.25, 0.3) is 0 Å². The van der Waals surface area contributed by atoms with Crippen molar-refractivity contribution in [2.45, 2.75) is 83.2 Å². The molecule has 5 aliphatic rings. The summed E-state index contributed by atoms with van der Waals surface area (Å²) in [6, 6.07) is 1.43. The molecule has 2 nitrogen and oxygen atoms in total. The van der Waals surface area contributed by atoms with E-state index in [9.17, 15) is 0 Å². The number of hydrogen-bond donors (Lipinski definition) is 1. The molecule has 0 amide bonds. The molecule has 4 aliphatic carbocycles. The van der Waals surface area contributed by atoms with E-state index in [4.69, 9.17) is 5.73 Å². The van der Waals surface area contributed by atoms with Crippen LogP contribution in [0.5, 0.6) is 0 Å². The van der Waals surface area contributed by atoms with Gasteiger partial charge < -0.3 is 5.73 Å². The zero-order valence-electron chi connectivity index (χ0n) is 13.9. The molecule has 0 spiro atoms. The minimum Gasteiger partial charge on any atom is -0.329 e. The molecule has 0 aromatic carbocycles. The summed E-state index contributed by atoms with van der Waals surface area (Å²) in [5.41, 5.74) is 6.79. The van der Waals surface area contributed by atoms with E-state index in [0.29, 0.717) is 6.04 Å². The van der Waals surface area contributed by atoms with Crippen molar-refractivity contribution in [2.24, 2.45) is 28.9 Å². The smallest absolute Gasteiger partial charge is 0.0221 e. The molecule has 2 N–H and O–H groups in total. The van der Waals surface area contributed by atoms with Crippen LogP contribution < -0.4 is 5.73 Å². The van der Waals surface area contributed by atoms with Gasteiger partial charge in [0.25, 0.3) is 0 Å². The number of likely N-dealkylation sites (tertiary alicyclic amines) is 1. The van der Waals surface area contributed by atoms with Gasteiger partial charge in [0, 0.05) is 18.6 Å². The molecular weight excluding hydrogens is 256 g/mol. The van der Waals surface area contributed by atoms with E-state index in [1.54, 1.807) is 38.5 Å². The fourth-order valence-corrected chi connectivity index (χ4v) is 6.96. The van der Waals surface area contributed by atoms with Crippen LogP contribution >= 0.6 is 0 Å². The first-order chi connectivity index (χ1) is 10.2. The van der Waals surface area contributed by atoms with Gasteiger partial charge in [0.2, 0.25) is 0 Å². The second-order valence-electron chi connectivity index (χ2n) is 9.07. The highest BCUT2D eigenvalue weighted by Crippen LogP contribution is 2.61. The maximum atomic E-state index is 6.05. The van der Waals surface area contributed by atoms with E-state index in [0.717, 1.165) is 35.8 Å². The Kier molecular flexibility index (Phi) is 3.82. The molecule has 1 saturated heterocycles. The molecule has 2 heteroatoms. The van der Waals surface area contributed by atoms with Crippen molar-refractivity contribution in [3.05, 3.63) is 0 Å². The van der Waals surface area contributed by atoms with E-state index < -0.39 is 0 Å². The summed E-state index contributed by atoms with van der Waals surface area (Å²) < 4.78 is 0. The number of hydrogen-bond acceptors (Lipinski definition) is 2. The minimum atomic E-state index is 0.669. The quantitative estimate of drug-likeness (QED) is 0.853. The van der Waals surface area contributed by atoms with Crippen molar-refractivity contribution < 1.29 is 0 Å². The lowest BCUT2D eigenvalue weighted by Crippen LogP contribution is -2.52. The van der Waals surface area contributed by atoms with Gasteiger partial charge in [0.1, 0.15) is 0 Å². The molecule has 5 fully saturated rings. The van der Waals surface area contributed by atoms with Crippen LogP contribution in [0.4, 0.5) is 0 Å². The normalized spacial score (nSPS) is 49.7. The maximum Gasteiger partial charge on any atom is 0.0221 e. The Morgan fingerprint density at radius 2 is 1.62 bits per heavy atom. The van der Waals surface area contributed by atoms with Gasteiger partial charge in [0.05, 0.1) is 0 Å². The minimum absolute atomic E-state index is 0.669. The fraction of sp³-hybridized carbons (Fsp3) is 1.00. The van der Waals surface area contributed by atoms with Gasteiger partial charge in [-0.1, -0.05) is 6.42 Å². The molecule has 2 atom stereocenters. The van der Waals surface area contributed by atoms with E-state index in [-0.39, 0.29) is 0 Å². The second-order valence-corrected chi connectivity index (χ2v) is 9.07. The lowest BCUT2D eigenvalue weighted by atomic mass is 9.49. The molecule has 0 radical (unpaired) electrons. The lowest BCUT2D eigenvalue weighted by molar-refractivity contribution is -0.0655. The topological polar surface area (TPSA) is 29.3 Å². The Balaban J connectivity index is 1.41. The average molecular weight is 290 g/mol. The molecule has 120 valence electrons. The fourth-order valence-electron chi connectivity index (χ4n) is 6.96. The zero-order valence-corrected chi connectivity index (χ0v) is 13.9. The van der Waals surface area contributed by atoms with Crippen molar-refractivity contribution in [3.8, 4) is 0 Å². The van der Waals surface area contributed by atoms with Gasteiger partial charge in [-0.05, 0) is 94.4 Å². The summed E-state index contributed by atoms with van der Waals surface area (Å²) >= 11 is 0. The van der Waals surface area contributed by atoms with Crippen molar-refractivity contribution in [1.82, 2.24) is 4.90 Å². The van der Waals surface area contributed by atoms with Gasteiger partial charge in [-0.3, -0.25) is 4.90 Å². The maximum absolute atomic E-state index is 6.05. The molecule has 1 aliphatic heterocycles. The van der Waals surface area contributed by atoms with Crippen LogP contribution in [-0.2, 0) is 0 Å². The lowest BCUT2D eigenvalue weighted by Gasteiger charge is -2.57. The Hall–Kier alpha value is -0.0800. The highest BCUT2D eigenvalue weighted by molar-refractivity contribution is 5.02. The summed E-state index contributed by atoms with van der Waals surface area (Å²) in [4.78, 5) is 2.78. The van der Waals surface area contributed by atoms with Crippen LogP contribution in [0.15, 0.2) is 0 Å². The first-order valence-electron chi connectivity index (χ1n) is 9.63. The van der Waals surface area contributed by atoms with Gasteiger partial charge in [-0.25, -0.2) is 0 Å². The van der Waals surface area contributed by atoms with Gasteiger partial charge in [-0.2, -0.15) is 0 Å². The largest absolute Gasteiger partial charge is 0.329 e. The Labute approximate surface area is 130 Å². The highest BCUT2D eigenvalue weighted by atomic mass is 15.2. The van der Waals surface area contributed by atoms with Gasteiger partial charge in [0.15, 0.2) is 0 Å². The third kappa shape index (κ3) is 2.67. The monoisotopic (exact) mass is 290 g/mol. The Morgan fingerprint density at radius 3 is 2.19 bits per heavy atom. The zero-order chi connectivity index (χ0) is 14.4. The Bertz CT molecular complexity index is 342. The predicted molar refractivity (Wildman–Crippen MR) is 88.1 cm³/mol. The van der Waals surface area contributed by atoms with Crippen molar-refractivity contribution in [3.63, 3.8) is 0 Å². The van der Waals surface area contributed by atoms with Gasteiger partial charge in [-0.15, -0.1) is 0 Å². The third-order valence-corrected chi connectivity index (χ3v) is 7.53. The first kappa shape index (κ1) is 14.5. The molecule has 0 aromatic heterocycles. The number of nitrogens with two attached hydrogens (primary N) is 1. The Morgan fingerprint density at radius 1 is 1.00 bits per heavy atom. The molecule has 2 unspecified atom stereocenters. The SMILES string of the molecule is CC1CCCC(CN)N1CCC12CC3CC(CC(C3)C1)C2. The van der Waals surface area contributed by atoms with Crippen LogP contribution in [-0.4, -0.2) is 30.1 Å². The van der Waals surface area contributed by atoms with Gasteiger partial charge >= 0.3 is 0 Å². The highest BCUT2D eigenvalue weighted by Gasteiger charge is 2.50. The molecular formula is C19H34N2. The molecule has 21 heavy (non-hydrogen) atoms.